The second kappa shape index (κ2) is 5.50. The topological polar surface area (TPSA) is 79.7 Å². The minimum Gasteiger partial charge on any atom is -0.409 e. The van der Waals surface area contributed by atoms with Crippen LogP contribution in [0.2, 0.25) is 0 Å². The molecule has 1 heterocycles. The average molecular weight is 265 g/mol. The maximum Gasteiger partial charge on any atom is 0.175 e. The molecule has 1 aromatic heterocycles. The van der Waals surface area contributed by atoms with Gasteiger partial charge in [0.1, 0.15) is 5.82 Å². The summed E-state index contributed by atoms with van der Waals surface area (Å²) < 4.78 is 1.84. The molecule has 0 radical (unpaired) electrons. The van der Waals surface area contributed by atoms with E-state index in [2.05, 4.69) is 22.1 Å². The van der Waals surface area contributed by atoms with Gasteiger partial charge in [0.2, 0.25) is 0 Å². The standard InChI is InChI=1S/C13H23N5O/c1-4-18(10-7-5-6-8-10)13-11(12(14)16-19)9(2)15-17(13)3/h10,19H,4-8H2,1-3H3,(H2,14,16). The van der Waals surface area contributed by atoms with Crippen LogP contribution in [-0.4, -0.2) is 33.4 Å². The van der Waals surface area contributed by atoms with E-state index in [1.54, 1.807) is 0 Å². The number of amidine groups is 1. The second-order valence-electron chi connectivity index (χ2n) is 5.12. The van der Waals surface area contributed by atoms with Gasteiger partial charge in [-0.1, -0.05) is 18.0 Å². The summed E-state index contributed by atoms with van der Waals surface area (Å²) >= 11 is 0. The van der Waals surface area contributed by atoms with Crippen molar-refractivity contribution in [2.45, 2.75) is 45.6 Å². The molecule has 1 aromatic rings. The van der Waals surface area contributed by atoms with Gasteiger partial charge < -0.3 is 15.8 Å². The number of nitrogens with zero attached hydrogens (tertiary/aromatic N) is 4. The van der Waals surface area contributed by atoms with Gasteiger partial charge >= 0.3 is 0 Å². The van der Waals surface area contributed by atoms with Crippen LogP contribution in [0.1, 0.15) is 43.9 Å². The lowest BCUT2D eigenvalue weighted by Crippen LogP contribution is -2.36. The van der Waals surface area contributed by atoms with Gasteiger partial charge in [-0.05, 0) is 26.7 Å². The summed E-state index contributed by atoms with van der Waals surface area (Å²) in [4.78, 5) is 2.33. The molecule has 1 aliphatic carbocycles. The Kier molecular flexibility index (Phi) is 3.97. The molecular formula is C13H23N5O. The lowest BCUT2D eigenvalue weighted by atomic mass is 10.1. The summed E-state index contributed by atoms with van der Waals surface area (Å²) in [5.41, 5.74) is 7.36. The lowest BCUT2D eigenvalue weighted by Gasteiger charge is -2.30. The van der Waals surface area contributed by atoms with E-state index in [0.717, 1.165) is 23.6 Å². The van der Waals surface area contributed by atoms with Crippen molar-refractivity contribution in [3.05, 3.63) is 11.3 Å². The molecule has 6 heteroatoms. The number of hydrogen-bond donors (Lipinski definition) is 2. The maximum absolute atomic E-state index is 8.97. The van der Waals surface area contributed by atoms with E-state index >= 15 is 0 Å². The number of nitrogens with two attached hydrogens (primary N) is 1. The van der Waals surface area contributed by atoms with Crippen LogP contribution in [0.25, 0.3) is 0 Å². The molecule has 0 unspecified atom stereocenters. The number of aromatic nitrogens is 2. The summed E-state index contributed by atoms with van der Waals surface area (Å²) in [6.45, 7) is 4.92. The van der Waals surface area contributed by atoms with Gasteiger partial charge in [0.15, 0.2) is 5.84 Å². The van der Waals surface area contributed by atoms with Gasteiger partial charge in [-0.3, -0.25) is 4.68 Å². The van der Waals surface area contributed by atoms with E-state index < -0.39 is 0 Å². The number of rotatable bonds is 4. The zero-order chi connectivity index (χ0) is 14.0. The first kappa shape index (κ1) is 13.7. The Hall–Kier alpha value is -1.72. The number of oxime groups is 1. The fraction of sp³-hybridized carbons (Fsp3) is 0.692. The van der Waals surface area contributed by atoms with E-state index in [0.29, 0.717) is 6.04 Å². The van der Waals surface area contributed by atoms with Gasteiger partial charge in [-0.25, -0.2) is 0 Å². The highest BCUT2D eigenvalue weighted by atomic mass is 16.4. The molecule has 0 bridgehead atoms. The van der Waals surface area contributed by atoms with E-state index in [9.17, 15) is 0 Å². The van der Waals surface area contributed by atoms with Gasteiger partial charge in [0.25, 0.3) is 0 Å². The van der Waals surface area contributed by atoms with E-state index in [-0.39, 0.29) is 5.84 Å². The second-order valence-corrected chi connectivity index (χ2v) is 5.12. The minimum atomic E-state index is 0.136. The van der Waals surface area contributed by atoms with Crippen molar-refractivity contribution < 1.29 is 5.21 Å². The predicted molar refractivity (Wildman–Crippen MR) is 75.7 cm³/mol. The van der Waals surface area contributed by atoms with Crippen molar-refractivity contribution in [1.29, 1.82) is 0 Å². The van der Waals surface area contributed by atoms with Crippen LogP contribution in [0.3, 0.4) is 0 Å². The average Bonchev–Trinajstić information content (AvgIpc) is 2.99. The van der Waals surface area contributed by atoms with Gasteiger partial charge in [0, 0.05) is 19.6 Å². The summed E-state index contributed by atoms with van der Waals surface area (Å²) in [6, 6.07) is 0.532. The smallest absolute Gasteiger partial charge is 0.175 e. The zero-order valence-electron chi connectivity index (χ0n) is 11.9. The molecule has 0 spiro atoms. The van der Waals surface area contributed by atoms with Crippen molar-refractivity contribution in [3.8, 4) is 0 Å². The molecule has 0 amide bonds. The van der Waals surface area contributed by atoms with Crippen LogP contribution in [0.4, 0.5) is 5.82 Å². The largest absolute Gasteiger partial charge is 0.409 e. The Labute approximate surface area is 113 Å². The first-order valence-corrected chi connectivity index (χ1v) is 6.88. The molecule has 0 aromatic carbocycles. The minimum absolute atomic E-state index is 0.136. The van der Waals surface area contributed by atoms with Crippen molar-refractivity contribution >= 4 is 11.7 Å². The van der Waals surface area contributed by atoms with Gasteiger partial charge in [0.05, 0.1) is 11.3 Å². The van der Waals surface area contributed by atoms with Crippen molar-refractivity contribution in [2.24, 2.45) is 17.9 Å². The highest BCUT2D eigenvalue weighted by Crippen LogP contribution is 2.31. The van der Waals surface area contributed by atoms with E-state index in [1.165, 1.54) is 25.7 Å². The Bertz CT molecular complexity index is 474. The lowest BCUT2D eigenvalue weighted by molar-refractivity contribution is 0.318. The van der Waals surface area contributed by atoms with Crippen LogP contribution in [0, 0.1) is 6.92 Å². The van der Waals surface area contributed by atoms with Crippen LogP contribution in [0.5, 0.6) is 0 Å². The normalized spacial score (nSPS) is 17.1. The molecule has 19 heavy (non-hydrogen) atoms. The molecule has 106 valence electrons. The maximum atomic E-state index is 8.97. The molecule has 6 nitrogen and oxygen atoms in total. The summed E-state index contributed by atoms with van der Waals surface area (Å²) in [6.07, 6.45) is 4.95. The predicted octanol–water partition coefficient (Wildman–Crippen LogP) is 1.59. The zero-order valence-corrected chi connectivity index (χ0v) is 11.9. The molecule has 1 fully saturated rings. The highest BCUT2D eigenvalue weighted by molar-refractivity contribution is 6.02. The third-order valence-electron chi connectivity index (χ3n) is 3.93. The number of anilines is 1. The molecular weight excluding hydrogens is 242 g/mol. The fourth-order valence-corrected chi connectivity index (χ4v) is 3.12. The quantitative estimate of drug-likeness (QED) is 0.375. The third-order valence-corrected chi connectivity index (χ3v) is 3.93. The molecule has 0 aliphatic heterocycles. The van der Waals surface area contributed by atoms with Gasteiger partial charge in [-0.15, -0.1) is 0 Å². The molecule has 1 saturated carbocycles. The first-order chi connectivity index (χ1) is 9.10. The number of hydrogen-bond acceptors (Lipinski definition) is 4. The van der Waals surface area contributed by atoms with Crippen LogP contribution >= 0.6 is 0 Å². The summed E-state index contributed by atoms with van der Waals surface area (Å²) in [5.74, 6) is 1.10. The Morgan fingerprint density at radius 1 is 1.53 bits per heavy atom. The van der Waals surface area contributed by atoms with Crippen LogP contribution in [0.15, 0.2) is 5.16 Å². The van der Waals surface area contributed by atoms with Crippen molar-refractivity contribution in [2.75, 3.05) is 11.4 Å². The fourth-order valence-electron chi connectivity index (χ4n) is 3.12. The molecule has 0 atom stereocenters. The van der Waals surface area contributed by atoms with Crippen molar-refractivity contribution in [1.82, 2.24) is 9.78 Å². The van der Waals surface area contributed by atoms with Crippen LogP contribution < -0.4 is 10.6 Å². The van der Waals surface area contributed by atoms with Crippen LogP contribution in [-0.2, 0) is 7.05 Å². The SMILES string of the molecule is CCN(c1c(C(N)=NO)c(C)nn1C)C1CCCC1. The number of aryl methyl sites for hydroxylation is 2. The molecule has 3 N–H and O–H groups in total. The Morgan fingerprint density at radius 2 is 2.16 bits per heavy atom. The third kappa shape index (κ3) is 2.39. The van der Waals surface area contributed by atoms with E-state index in [1.807, 2.05) is 18.7 Å². The molecule has 1 aliphatic rings. The first-order valence-electron chi connectivity index (χ1n) is 6.88. The Balaban J connectivity index is 2.47. The monoisotopic (exact) mass is 265 g/mol. The summed E-state index contributed by atoms with van der Waals surface area (Å²) in [5, 5.41) is 16.5. The summed E-state index contributed by atoms with van der Waals surface area (Å²) in [7, 11) is 1.91. The van der Waals surface area contributed by atoms with Crippen molar-refractivity contribution in [3.63, 3.8) is 0 Å². The Morgan fingerprint density at radius 3 is 2.68 bits per heavy atom. The van der Waals surface area contributed by atoms with Gasteiger partial charge in [-0.2, -0.15) is 5.10 Å². The highest BCUT2D eigenvalue weighted by Gasteiger charge is 2.28. The van der Waals surface area contributed by atoms with E-state index in [4.69, 9.17) is 10.9 Å². The molecule has 2 rings (SSSR count). The molecule has 0 saturated heterocycles.